The van der Waals surface area contributed by atoms with E-state index in [9.17, 15) is 4.79 Å². The molecule has 5 nitrogen and oxygen atoms in total. The van der Waals surface area contributed by atoms with Crippen molar-refractivity contribution >= 4 is 23.2 Å². The van der Waals surface area contributed by atoms with Gasteiger partial charge >= 0.3 is 0 Å². The van der Waals surface area contributed by atoms with E-state index in [-0.39, 0.29) is 11.1 Å². The number of nitrogens with zero attached hydrogens (tertiary/aromatic N) is 2. The van der Waals surface area contributed by atoms with Gasteiger partial charge in [0.2, 0.25) is 5.91 Å². The molecule has 21 heavy (non-hydrogen) atoms. The number of nitrogens with one attached hydrogen (secondary N) is 1. The van der Waals surface area contributed by atoms with Crippen molar-refractivity contribution in [3.05, 3.63) is 40.3 Å². The maximum Gasteiger partial charge on any atom is 0.257 e. The zero-order chi connectivity index (χ0) is 15.0. The fourth-order valence-electron chi connectivity index (χ4n) is 2.16. The summed E-state index contributed by atoms with van der Waals surface area (Å²) in [6, 6.07) is 5.49. The first-order valence-electron chi connectivity index (χ1n) is 6.64. The number of rotatable bonds is 2. The number of hydrogen-bond donors (Lipinski definition) is 1. The van der Waals surface area contributed by atoms with E-state index in [1.165, 1.54) is 0 Å². The number of hydrogen-bond acceptors (Lipinski definition) is 4. The topological polar surface area (TPSA) is 64.1 Å². The largest absolute Gasteiger partial charge is 0.436 e. The lowest BCUT2D eigenvalue weighted by atomic mass is 10.0. The number of fused-ring (bicyclic) bond motifs is 1. The van der Waals surface area contributed by atoms with Crippen LogP contribution >= 0.6 is 11.6 Å². The van der Waals surface area contributed by atoms with Crippen LogP contribution in [0.3, 0.4) is 0 Å². The predicted octanol–water partition coefficient (Wildman–Crippen LogP) is 3.42. The molecule has 0 bridgehead atoms. The molecule has 2 aromatic rings. The number of carbonyl (C=O) groups excluding carboxylic acids is 1. The Kier molecular flexibility index (Phi) is 3.51. The Hall–Kier alpha value is -2.14. The van der Waals surface area contributed by atoms with Crippen molar-refractivity contribution in [3.63, 3.8) is 0 Å². The molecule has 0 unspecified atom stereocenters. The van der Waals surface area contributed by atoms with Gasteiger partial charge in [-0.15, -0.1) is 0 Å². The summed E-state index contributed by atoms with van der Waals surface area (Å²) in [5, 5.41) is 3.07. The molecule has 1 amide bonds. The summed E-state index contributed by atoms with van der Waals surface area (Å²) in [7, 11) is 0. The molecule has 2 heterocycles. The van der Waals surface area contributed by atoms with Crippen molar-refractivity contribution in [1.82, 2.24) is 9.97 Å². The lowest BCUT2D eigenvalue weighted by Crippen LogP contribution is -2.18. The third-order valence-electron chi connectivity index (χ3n) is 3.42. The van der Waals surface area contributed by atoms with Gasteiger partial charge in [-0.25, -0.2) is 9.97 Å². The average Bonchev–Trinajstić information content (AvgIpc) is 2.45. The van der Waals surface area contributed by atoms with Gasteiger partial charge in [0.15, 0.2) is 5.15 Å². The van der Waals surface area contributed by atoms with Crippen LogP contribution in [0.25, 0.3) is 0 Å². The molecule has 1 aliphatic heterocycles. The van der Waals surface area contributed by atoms with E-state index in [0.29, 0.717) is 24.5 Å². The molecule has 0 fully saturated rings. The third kappa shape index (κ3) is 2.83. The number of anilines is 1. The fraction of sp³-hybridized carbons (Fsp3) is 0.267. The minimum absolute atomic E-state index is 0.0410. The van der Waals surface area contributed by atoms with E-state index < -0.39 is 0 Å². The highest BCUT2D eigenvalue weighted by atomic mass is 35.5. The first-order chi connectivity index (χ1) is 10.0. The summed E-state index contributed by atoms with van der Waals surface area (Å²) in [5.41, 5.74) is 3.43. The molecule has 0 atom stereocenters. The molecule has 1 aromatic carbocycles. The predicted molar refractivity (Wildman–Crippen MR) is 80.0 cm³/mol. The molecule has 0 saturated carbocycles. The number of ether oxygens (including phenoxy) is 1. The van der Waals surface area contributed by atoms with Crippen molar-refractivity contribution in [2.24, 2.45) is 0 Å². The van der Waals surface area contributed by atoms with Gasteiger partial charge in [-0.2, -0.15) is 0 Å². The third-order valence-corrected chi connectivity index (χ3v) is 3.67. The van der Waals surface area contributed by atoms with Crippen LogP contribution in [-0.2, 0) is 11.2 Å². The monoisotopic (exact) mass is 303 g/mol. The Labute approximate surface area is 127 Å². The highest BCUT2D eigenvalue weighted by molar-refractivity contribution is 6.30. The minimum atomic E-state index is 0.0410. The number of benzene rings is 1. The van der Waals surface area contributed by atoms with Crippen molar-refractivity contribution in [1.29, 1.82) is 0 Å². The van der Waals surface area contributed by atoms with Crippen LogP contribution in [0.15, 0.2) is 18.2 Å². The van der Waals surface area contributed by atoms with E-state index in [1.807, 2.05) is 26.0 Å². The average molecular weight is 304 g/mol. The van der Waals surface area contributed by atoms with Gasteiger partial charge in [-0.05, 0) is 44.0 Å². The second-order valence-electron chi connectivity index (χ2n) is 4.96. The van der Waals surface area contributed by atoms with Crippen LogP contribution in [0.5, 0.6) is 11.6 Å². The van der Waals surface area contributed by atoms with E-state index in [0.717, 1.165) is 22.6 Å². The number of aryl methyl sites for hydroxylation is 3. The van der Waals surface area contributed by atoms with E-state index >= 15 is 0 Å². The van der Waals surface area contributed by atoms with Gasteiger partial charge in [-0.1, -0.05) is 11.6 Å². The normalized spacial score (nSPS) is 13.6. The van der Waals surface area contributed by atoms with Gasteiger partial charge < -0.3 is 10.1 Å². The molecule has 108 valence electrons. The number of halogens is 1. The summed E-state index contributed by atoms with van der Waals surface area (Å²) in [6.07, 6.45) is 1.19. The van der Waals surface area contributed by atoms with E-state index in [4.69, 9.17) is 16.3 Å². The second kappa shape index (κ2) is 5.33. The first-order valence-corrected chi connectivity index (χ1v) is 7.02. The Balaban J connectivity index is 1.89. The van der Waals surface area contributed by atoms with E-state index in [2.05, 4.69) is 15.3 Å². The molecule has 0 radical (unpaired) electrons. The summed E-state index contributed by atoms with van der Waals surface area (Å²) in [5.74, 6) is 0.961. The fourth-order valence-corrected chi connectivity index (χ4v) is 2.36. The van der Waals surface area contributed by atoms with Gasteiger partial charge in [0, 0.05) is 12.1 Å². The standard InChI is InChI=1S/C15H14ClN3O2/c1-8-9(2)18-15(14(16)17-8)21-11-4-5-12-10(7-11)3-6-13(20)19-12/h4-5,7H,3,6H2,1-2H3,(H,19,20). The van der Waals surface area contributed by atoms with Gasteiger partial charge in [0.25, 0.3) is 5.88 Å². The maximum atomic E-state index is 11.3. The Bertz CT molecular complexity index is 731. The Morgan fingerprint density at radius 1 is 1.19 bits per heavy atom. The van der Waals surface area contributed by atoms with Gasteiger partial charge in [-0.3, -0.25) is 4.79 Å². The number of carbonyl (C=O) groups is 1. The van der Waals surface area contributed by atoms with Crippen LogP contribution in [0, 0.1) is 13.8 Å². The van der Waals surface area contributed by atoms with E-state index in [1.54, 1.807) is 6.07 Å². The Morgan fingerprint density at radius 3 is 2.76 bits per heavy atom. The van der Waals surface area contributed by atoms with Crippen LogP contribution in [-0.4, -0.2) is 15.9 Å². The summed E-state index contributed by atoms with van der Waals surface area (Å²) < 4.78 is 5.72. The SMILES string of the molecule is Cc1nc(Cl)c(Oc2ccc3c(c2)CCC(=O)N3)nc1C. The Morgan fingerprint density at radius 2 is 1.95 bits per heavy atom. The van der Waals surface area contributed by atoms with Crippen LogP contribution in [0.4, 0.5) is 5.69 Å². The highest BCUT2D eigenvalue weighted by Gasteiger charge is 2.16. The van der Waals surface area contributed by atoms with Gasteiger partial charge in [0.1, 0.15) is 5.75 Å². The van der Waals surface area contributed by atoms with Crippen molar-refractivity contribution in [3.8, 4) is 11.6 Å². The van der Waals surface area contributed by atoms with Crippen molar-refractivity contribution < 1.29 is 9.53 Å². The maximum absolute atomic E-state index is 11.3. The molecule has 1 aromatic heterocycles. The van der Waals surface area contributed by atoms with Crippen LogP contribution in [0.1, 0.15) is 23.4 Å². The molecule has 0 saturated heterocycles. The second-order valence-corrected chi connectivity index (χ2v) is 5.32. The lowest BCUT2D eigenvalue weighted by Gasteiger charge is -2.17. The molecule has 6 heteroatoms. The quantitative estimate of drug-likeness (QED) is 0.923. The summed E-state index contributed by atoms with van der Waals surface area (Å²) in [6.45, 7) is 3.70. The molecular weight excluding hydrogens is 290 g/mol. The molecule has 0 spiro atoms. The highest BCUT2D eigenvalue weighted by Crippen LogP contribution is 2.31. The van der Waals surface area contributed by atoms with Crippen molar-refractivity contribution in [2.45, 2.75) is 26.7 Å². The van der Waals surface area contributed by atoms with Gasteiger partial charge in [0.05, 0.1) is 11.4 Å². The molecule has 3 rings (SSSR count). The molecular formula is C15H14ClN3O2. The smallest absolute Gasteiger partial charge is 0.257 e. The first kappa shape index (κ1) is 13.8. The molecule has 1 N–H and O–H groups in total. The van der Waals surface area contributed by atoms with Crippen LogP contribution in [0.2, 0.25) is 5.15 Å². The summed E-state index contributed by atoms with van der Waals surface area (Å²) in [4.78, 5) is 19.8. The number of aromatic nitrogens is 2. The molecule has 0 aliphatic carbocycles. The zero-order valence-electron chi connectivity index (χ0n) is 11.7. The minimum Gasteiger partial charge on any atom is -0.436 e. The molecule has 1 aliphatic rings. The lowest BCUT2D eigenvalue weighted by molar-refractivity contribution is -0.116. The zero-order valence-corrected chi connectivity index (χ0v) is 12.5. The number of amides is 1. The summed E-state index contributed by atoms with van der Waals surface area (Å²) >= 11 is 6.06. The van der Waals surface area contributed by atoms with Crippen LogP contribution < -0.4 is 10.1 Å². The van der Waals surface area contributed by atoms with Crippen molar-refractivity contribution in [2.75, 3.05) is 5.32 Å².